The molecular formula is C17H25FN2O2. The van der Waals surface area contributed by atoms with Crippen LogP contribution in [0.1, 0.15) is 24.8 Å². The van der Waals surface area contributed by atoms with E-state index in [4.69, 9.17) is 10.5 Å². The van der Waals surface area contributed by atoms with Gasteiger partial charge in [-0.05, 0) is 42.9 Å². The molecule has 0 aromatic heterocycles. The minimum Gasteiger partial charge on any atom is -0.380 e. The molecule has 0 saturated carbocycles. The van der Waals surface area contributed by atoms with Crippen molar-refractivity contribution in [3.8, 4) is 0 Å². The Balaban J connectivity index is 1.79. The Hall–Kier alpha value is -1.46. The average Bonchev–Trinajstić information content (AvgIpc) is 2.53. The van der Waals surface area contributed by atoms with Crippen LogP contribution in [-0.2, 0) is 16.0 Å². The van der Waals surface area contributed by atoms with Gasteiger partial charge >= 0.3 is 0 Å². The molecule has 5 heteroatoms. The molecule has 0 bridgehead atoms. The summed E-state index contributed by atoms with van der Waals surface area (Å²) in [4.78, 5) is 14.1. The highest BCUT2D eigenvalue weighted by Crippen LogP contribution is 2.22. The Morgan fingerprint density at radius 1 is 1.45 bits per heavy atom. The van der Waals surface area contributed by atoms with Crippen LogP contribution in [-0.4, -0.2) is 43.7 Å². The summed E-state index contributed by atoms with van der Waals surface area (Å²) in [5, 5.41) is 0. The summed E-state index contributed by atoms with van der Waals surface area (Å²) in [7, 11) is 1.58. The fraction of sp³-hybridized carbons (Fsp3) is 0.588. The number of nitrogens with two attached hydrogens (primary N) is 1. The Kier molecular flexibility index (Phi) is 6.34. The molecule has 1 saturated heterocycles. The lowest BCUT2D eigenvalue weighted by Gasteiger charge is -2.33. The lowest BCUT2D eigenvalue weighted by Crippen LogP contribution is -2.41. The van der Waals surface area contributed by atoms with E-state index in [1.54, 1.807) is 19.2 Å². The standard InChI is InChI=1S/C17H25FN2O2/c1-22-16(12-19)11-17(21)20-7-5-13(6-8-20)9-14-3-2-4-15(18)10-14/h2-4,10,13,16H,5-9,11-12,19H2,1H3. The highest BCUT2D eigenvalue weighted by atomic mass is 19.1. The van der Waals surface area contributed by atoms with E-state index in [0.717, 1.165) is 37.9 Å². The maximum absolute atomic E-state index is 13.2. The van der Waals surface area contributed by atoms with E-state index in [9.17, 15) is 9.18 Å². The molecule has 1 amide bonds. The van der Waals surface area contributed by atoms with E-state index in [1.165, 1.54) is 6.07 Å². The number of amides is 1. The summed E-state index contributed by atoms with van der Waals surface area (Å²) in [5.74, 6) is 0.442. The number of rotatable bonds is 6. The molecule has 1 fully saturated rings. The molecule has 1 aliphatic heterocycles. The summed E-state index contributed by atoms with van der Waals surface area (Å²) in [6, 6.07) is 6.78. The zero-order valence-corrected chi connectivity index (χ0v) is 13.1. The first-order valence-corrected chi connectivity index (χ1v) is 7.87. The van der Waals surface area contributed by atoms with Gasteiger partial charge in [-0.3, -0.25) is 4.79 Å². The second-order valence-corrected chi connectivity index (χ2v) is 5.96. The minimum atomic E-state index is -0.197. The SMILES string of the molecule is COC(CN)CC(=O)N1CCC(Cc2cccc(F)c2)CC1. The van der Waals surface area contributed by atoms with E-state index in [2.05, 4.69) is 0 Å². The quantitative estimate of drug-likeness (QED) is 0.874. The van der Waals surface area contributed by atoms with E-state index < -0.39 is 0 Å². The number of halogens is 1. The summed E-state index contributed by atoms with van der Waals surface area (Å²) >= 11 is 0. The summed E-state index contributed by atoms with van der Waals surface area (Å²) in [6.07, 6.45) is 2.95. The van der Waals surface area contributed by atoms with Gasteiger partial charge in [0.05, 0.1) is 12.5 Å². The molecule has 0 radical (unpaired) electrons. The van der Waals surface area contributed by atoms with Crippen LogP contribution in [0.3, 0.4) is 0 Å². The zero-order chi connectivity index (χ0) is 15.9. The smallest absolute Gasteiger partial charge is 0.225 e. The van der Waals surface area contributed by atoms with Crippen molar-refractivity contribution < 1.29 is 13.9 Å². The second kappa shape index (κ2) is 8.25. The number of carbonyl (C=O) groups is 1. The molecule has 122 valence electrons. The number of nitrogens with zero attached hydrogens (tertiary/aromatic N) is 1. The maximum Gasteiger partial charge on any atom is 0.225 e. The van der Waals surface area contributed by atoms with Crippen molar-refractivity contribution in [2.45, 2.75) is 31.8 Å². The van der Waals surface area contributed by atoms with Crippen LogP contribution in [0.5, 0.6) is 0 Å². The van der Waals surface area contributed by atoms with Crippen molar-refractivity contribution in [1.82, 2.24) is 4.90 Å². The highest BCUT2D eigenvalue weighted by Gasteiger charge is 2.24. The van der Waals surface area contributed by atoms with Crippen LogP contribution in [0, 0.1) is 11.7 Å². The molecule has 1 atom stereocenters. The summed E-state index contributed by atoms with van der Waals surface area (Å²) in [5.41, 5.74) is 6.59. The van der Waals surface area contributed by atoms with Crippen molar-refractivity contribution in [3.63, 3.8) is 0 Å². The normalized spacial score (nSPS) is 17.5. The van der Waals surface area contributed by atoms with Gasteiger partial charge in [-0.2, -0.15) is 0 Å². The Morgan fingerprint density at radius 3 is 2.77 bits per heavy atom. The number of benzene rings is 1. The van der Waals surface area contributed by atoms with Crippen molar-refractivity contribution in [2.75, 3.05) is 26.7 Å². The van der Waals surface area contributed by atoms with Crippen molar-refractivity contribution in [1.29, 1.82) is 0 Å². The third kappa shape index (κ3) is 4.78. The molecule has 1 heterocycles. The molecule has 1 unspecified atom stereocenters. The number of piperidine rings is 1. The molecule has 1 aromatic carbocycles. The number of hydrogen-bond donors (Lipinski definition) is 1. The Bertz CT molecular complexity index is 483. The van der Waals surface area contributed by atoms with Crippen LogP contribution >= 0.6 is 0 Å². The number of hydrogen-bond acceptors (Lipinski definition) is 3. The molecule has 0 spiro atoms. The Labute approximate surface area is 131 Å². The number of likely N-dealkylation sites (tertiary alicyclic amines) is 1. The van der Waals surface area contributed by atoms with E-state index in [0.29, 0.717) is 18.9 Å². The molecule has 1 aromatic rings. The lowest BCUT2D eigenvalue weighted by molar-refractivity contribution is -0.135. The van der Waals surface area contributed by atoms with Crippen molar-refractivity contribution in [3.05, 3.63) is 35.6 Å². The molecule has 4 nitrogen and oxygen atoms in total. The monoisotopic (exact) mass is 308 g/mol. The predicted octanol–water partition coefficient (Wildman–Crippen LogP) is 1.97. The number of methoxy groups -OCH3 is 1. The molecule has 0 aliphatic carbocycles. The van der Waals surface area contributed by atoms with Gasteiger partial charge in [0.15, 0.2) is 0 Å². The Morgan fingerprint density at radius 2 is 2.18 bits per heavy atom. The first kappa shape index (κ1) is 16.9. The van der Waals surface area contributed by atoms with Gasteiger partial charge < -0.3 is 15.4 Å². The lowest BCUT2D eigenvalue weighted by atomic mass is 9.90. The second-order valence-electron chi connectivity index (χ2n) is 5.96. The summed E-state index contributed by atoms with van der Waals surface area (Å²) < 4.78 is 18.4. The van der Waals surface area contributed by atoms with Gasteiger partial charge in [0, 0.05) is 26.7 Å². The first-order chi connectivity index (χ1) is 10.6. The van der Waals surface area contributed by atoms with E-state index in [-0.39, 0.29) is 17.8 Å². The van der Waals surface area contributed by atoms with Gasteiger partial charge in [0.1, 0.15) is 5.82 Å². The summed E-state index contributed by atoms with van der Waals surface area (Å²) in [6.45, 7) is 1.89. The number of ether oxygens (including phenoxy) is 1. The maximum atomic E-state index is 13.2. The fourth-order valence-electron chi connectivity index (χ4n) is 2.97. The van der Waals surface area contributed by atoms with Gasteiger partial charge in [0.25, 0.3) is 0 Å². The third-order valence-electron chi connectivity index (χ3n) is 4.38. The van der Waals surface area contributed by atoms with Gasteiger partial charge in [-0.1, -0.05) is 12.1 Å². The van der Waals surface area contributed by atoms with Crippen molar-refractivity contribution >= 4 is 5.91 Å². The topological polar surface area (TPSA) is 55.6 Å². The van der Waals surface area contributed by atoms with E-state index in [1.807, 2.05) is 11.0 Å². The van der Waals surface area contributed by atoms with Crippen LogP contribution in [0.25, 0.3) is 0 Å². The van der Waals surface area contributed by atoms with Crippen molar-refractivity contribution in [2.24, 2.45) is 11.7 Å². The molecule has 2 N–H and O–H groups in total. The van der Waals surface area contributed by atoms with Crippen LogP contribution in [0.2, 0.25) is 0 Å². The third-order valence-corrected chi connectivity index (χ3v) is 4.38. The van der Waals surface area contributed by atoms with E-state index >= 15 is 0 Å². The molecule has 1 aliphatic rings. The minimum absolute atomic E-state index is 0.113. The predicted molar refractivity (Wildman–Crippen MR) is 83.9 cm³/mol. The molecule has 2 rings (SSSR count). The van der Waals surface area contributed by atoms with Gasteiger partial charge in [0.2, 0.25) is 5.91 Å². The number of carbonyl (C=O) groups excluding carboxylic acids is 1. The molecular weight excluding hydrogens is 283 g/mol. The van der Waals surface area contributed by atoms with Crippen LogP contribution in [0.4, 0.5) is 4.39 Å². The molecule has 22 heavy (non-hydrogen) atoms. The fourth-order valence-corrected chi connectivity index (χ4v) is 2.97. The zero-order valence-electron chi connectivity index (χ0n) is 13.1. The van der Waals surface area contributed by atoms with Gasteiger partial charge in [-0.25, -0.2) is 4.39 Å². The van der Waals surface area contributed by atoms with Crippen LogP contribution < -0.4 is 5.73 Å². The highest BCUT2D eigenvalue weighted by molar-refractivity contribution is 5.76. The first-order valence-electron chi connectivity index (χ1n) is 7.87. The largest absolute Gasteiger partial charge is 0.380 e. The van der Waals surface area contributed by atoms with Gasteiger partial charge in [-0.15, -0.1) is 0 Å². The average molecular weight is 308 g/mol. The van der Waals surface area contributed by atoms with Crippen LogP contribution in [0.15, 0.2) is 24.3 Å².